The number of nitrogens with zero attached hydrogens (tertiary/aromatic N) is 1. The monoisotopic (exact) mass is 807 g/mol. The van der Waals surface area contributed by atoms with Gasteiger partial charge < -0.3 is 4.57 Å². The maximum Gasteiger partial charge on any atom is 0.0491 e. The molecule has 1 aromatic heterocycles. The van der Waals surface area contributed by atoms with E-state index in [-0.39, 0.29) is 5.41 Å². The molecule has 0 unspecified atom stereocenters. The van der Waals surface area contributed by atoms with Crippen LogP contribution in [0.5, 0.6) is 0 Å². The Morgan fingerprint density at radius 1 is 0.302 bits per heavy atom. The topological polar surface area (TPSA) is 4.93 Å². The first-order chi connectivity index (χ1) is 30.8. The lowest BCUT2D eigenvalue weighted by atomic mass is 9.83. The van der Waals surface area contributed by atoms with Gasteiger partial charge in [0.25, 0.3) is 0 Å². The van der Waals surface area contributed by atoms with Crippen LogP contribution in [-0.4, -0.2) is 4.57 Å². The molecule has 0 aliphatic heterocycles. The lowest BCUT2D eigenvalue weighted by Crippen LogP contribution is -2.10. The number of rotatable bonds is 7. The molecule has 11 aromatic rings. The van der Waals surface area contributed by atoms with Gasteiger partial charge in [-0.1, -0.05) is 197 Å². The van der Waals surface area contributed by atoms with E-state index in [9.17, 15) is 0 Å². The molecular weight excluding hydrogens is 759 g/mol. The van der Waals surface area contributed by atoms with Crippen LogP contribution in [0.3, 0.4) is 0 Å². The van der Waals surface area contributed by atoms with Crippen LogP contribution in [0.25, 0.3) is 110 Å². The summed E-state index contributed by atoms with van der Waals surface area (Å²) in [6.45, 7) is 10.1. The highest BCUT2D eigenvalue weighted by atomic mass is 15.0. The summed E-state index contributed by atoms with van der Waals surface area (Å²) < 4.78 is 2.45. The largest absolute Gasteiger partial charge is 0.341 e. The van der Waals surface area contributed by atoms with Crippen LogP contribution in [0.4, 0.5) is 0 Å². The molecule has 1 heteroatoms. The minimum absolute atomic E-state index is 0.0908. The zero-order valence-electron chi connectivity index (χ0n) is 36.4. The summed E-state index contributed by atoms with van der Waals surface area (Å²) >= 11 is 0. The molecule has 0 atom stereocenters. The predicted octanol–water partition coefficient (Wildman–Crippen LogP) is 17.4. The van der Waals surface area contributed by atoms with Gasteiger partial charge in [0.2, 0.25) is 0 Å². The van der Waals surface area contributed by atoms with E-state index in [0.29, 0.717) is 0 Å². The smallest absolute Gasteiger partial charge is 0.0491 e. The number of hydrogen-bond donors (Lipinski definition) is 0. The fourth-order valence-electron chi connectivity index (χ4n) is 9.85. The van der Waals surface area contributed by atoms with Crippen molar-refractivity contribution >= 4 is 43.4 Å². The van der Waals surface area contributed by atoms with Gasteiger partial charge in [-0.15, -0.1) is 0 Å². The average molecular weight is 808 g/mol. The fourth-order valence-corrected chi connectivity index (χ4v) is 9.85. The van der Waals surface area contributed by atoms with Gasteiger partial charge in [0.1, 0.15) is 0 Å². The first-order valence-corrected chi connectivity index (χ1v) is 22.3. The molecule has 0 radical (unpaired) electrons. The minimum Gasteiger partial charge on any atom is -0.341 e. The molecule has 0 bridgehead atoms. The van der Waals surface area contributed by atoms with E-state index in [0.717, 1.165) is 6.54 Å². The summed E-state index contributed by atoms with van der Waals surface area (Å²) in [5.74, 6) is 0. The van der Waals surface area contributed by atoms with E-state index in [1.54, 1.807) is 0 Å². The van der Waals surface area contributed by atoms with Crippen molar-refractivity contribution in [3.05, 3.63) is 218 Å². The molecule has 0 saturated carbocycles. The number of benzene rings is 10. The Morgan fingerprint density at radius 2 is 0.635 bits per heavy atom. The molecule has 1 heterocycles. The molecule has 63 heavy (non-hydrogen) atoms. The zero-order chi connectivity index (χ0) is 42.7. The van der Waals surface area contributed by atoms with Crippen LogP contribution in [-0.2, 0) is 12.0 Å². The molecule has 0 spiro atoms. The van der Waals surface area contributed by atoms with Crippen molar-refractivity contribution in [3.8, 4) is 66.8 Å². The molecule has 1 nitrogen and oxygen atoms in total. The van der Waals surface area contributed by atoms with Crippen molar-refractivity contribution in [2.75, 3.05) is 0 Å². The number of aryl methyl sites for hydroxylation is 1. The van der Waals surface area contributed by atoms with Gasteiger partial charge in [0.05, 0.1) is 0 Å². The molecule has 302 valence electrons. The highest BCUT2D eigenvalue weighted by Gasteiger charge is 2.20. The summed E-state index contributed by atoms with van der Waals surface area (Å²) in [5, 5.41) is 7.66. The highest BCUT2D eigenvalue weighted by Crippen LogP contribution is 2.46. The van der Waals surface area contributed by atoms with Crippen LogP contribution >= 0.6 is 0 Å². The third-order valence-corrected chi connectivity index (χ3v) is 13.2. The Balaban J connectivity index is 1.02. The van der Waals surface area contributed by atoms with Crippen molar-refractivity contribution in [3.63, 3.8) is 0 Å². The van der Waals surface area contributed by atoms with Gasteiger partial charge in [-0.3, -0.25) is 0 Å². The second kappa shape index (κ2) is 15.5. The molecule has 0 aliphatic rings. The van der Waals surface area contributed by atoms with Gasteiger partial charge >= 0.3 is 0 Å². The predicted molar refractivity (Wildman–Crippen MR) is 271 cm³/mol. The summed E-state index contributed by atoms with van der Waals surface area (Å²) in [7, 11) is 0. The van der Waals surface area contributed by atoms with Crippen LogP contribution in [0.15, 0.2) is 212 Å². The van der Waals surface area contributed by atoms with Gasteiger partial charge in [0.15, 0.2) is 0 Å². The van der Waals surface area contributed by atoms with Crippen LogP contribution in [0, 0.1) is 0 Å². The third kappa shape index (κ3) is 6.82. The first kappa shape index (κ1) is 38.4. The van der Waals surface area contributed by atoms with E-state index in [1.807, 2.05) is 0 Å². The van der Waals surface area contributed by atoms with Crippen LogP contribution in [0.2, 0.25) is 0 Å². The first-order valence-electron chi connectivity index (χ1n) is 22.3. The van der Waals surface area contributed by atoms with Gasteiger partial charge in [-0.2, -0.15) is 0 Å². The second-order valence-electron chi connectivity index (χ2n) is 18.0. The number of fused-ring (bicyclic) bond motifs is 5. The fraction of sp³-hybridized carbons (Fsp3) is 0.0968. The lowest BCUT2D eigenvalue weighted by molar-refractivity contribution is 0.591. The van der Waals surface area contributed by atoms with Crippen molar-refractivity contribution in [1.29, 1.82) is 0 Å². The lowest BCUT2D eigenvalue weighted by Gasteiger charge is -2.20. The Morgan fingerprint density at radius 3 is 1.10 bits per heavy atom. The zero-order valence-corrected chi connectivity index (χ0v) is 36.4. The van der Waals surface area contributed by atoms with Crippen molar-refractivity contribution in [1.82, 2.24) is 4.57 Å². The number of aromatic nitrogens is 1. The van der Waals surface area contributed by atoms with E-state index in [1.165, 1.54) is 116 Å². The van der Waals surface area contributed by atoms with E-state index < -0.39 is 0 Å². The summed E-state index contributed by atoms with van der Waals surface area (Å²) in [6.07, 6.45) is 0. The molecule has 0 amide bonds. The third-order valence-electron chi connectivity index (χ3n) is 13.2. The molecule has 0 aliphatic carbocycles. The number of hydrogen-bond acceptors (Lipinski definition) is 0. The maximum atomic E-state index is 2.45. The SMILES string of the molecule is CCn1c2ccc(-c3ccc(-c4ccc(-c5c6ccc(-c7ccccc7)cc6c(-c6ccccc6)c6ccc(-c7ccccc7)cc56)cc4)cc3)cc2c2cc(C(C)(C)C)ccc21. The molecular formula is C62H49N. The van der Waals surface area contributed by atoms with Gasteiger partial charge in [-0.05, 0) is 143 Å². The molecule has 0 saturated heterocycles. The summed E-state index contributed by atoms with van der Waals surface area (Å²) in [5.41, 5.74) is 18.7. The standard InChI is InChI=1S/C62H49N/c1-5-63-58-35-31-50(37-54(58)55-40-51(62(2,3)4)32-36-59(55)63)45-23-21-43(22-24-45)44-25-27-47(28-26-44)61-53-34-30-48(41-15-9-6-10-16-41)38-56(53)60(46-19-13-8-14-20-46)52-33-29-49(39-57(52)61)42-17-11-7-12-18-42/h6-40H,5H2,1-4H3. The van der Waals surface area contributed by atoms with Crippen LogP contribution in [0.1, 0.15) is 33.3 Å². The van der Waals surface area contributed by atoms with Gasteiger partial charge in [-0.25, -0.2) is 0 Å². The van der Waals surface area contributed by atoms with Crippen molar-refractivity contribution < 1.29 is 0 Å². The quantitative estimate of drug-likeness (QED) is 0.141. The Labute approximate surface area is 370 Å². The molecule has 10 aromatic carbocycles. The minimum atomic E-state index is 0.0908. The van der Waals surface area contributed by atoms with E-state index >= 15 is 0 Å². The summed E-state index contributed by atoms with van der Waals surface area (Å²) in [6, 6.07) is 78.8. The second-order valence-corrected chi connectivity index (χ2v) is 18.0. The molecule has 0 fully saturated rings. The Hall–Kier alpha value is -7.48. The molecule has 11 rings (SSSR count). The van der Waals surface area contributed by atoms with E-state index in [2.05, 4.69) is 245 Å². The van der Waals surface area contributed by atoms with E-state index in [4.69, 9.17) is 0 Å². The van der Waals surface area contributed by atoms with Crippen LogP contribution < -0.4 is 0 Å². The van der Waals surface area contributed by atoms with Crippen molar-refractivity contribution in [2.45, 2.75) is 39.7 Å². The van der Waals surface area contributed by atoms with Crippen molar-refractivity contribution in [2.24, 2.45) is 0 Å². The highest BCUT2D eigenvalue weighted by molar-refractivity contribution is 6.22. The Bertz CT molecular complexity index is 3460. The maximum absolute atomic E-state index is 2.45. The van der Waals surface area contributed by atoms with Gasteiger partial charge in [0, 0.05) is 28.4 Å². The Kier molecular flexibility index (Phi) is 9.43. The molecule has 0 N–H and O–H groups in total. The normalized spacial score (nSPS) is 11.9. The average Bonchev–Trinajstić information content (AvgIpc) is 3.66. The summed E-state index contributed by atoms with van der Waals surface area (Å²) in [4.78, 5) is 0.